The van der Waals surface area contributed by atoms with Crippen molar-refractivity contribution in [3.05, 3.63) is 24.3 Å². The average molecular weight is 278 g/mol. The van der Waals surface area contributed by atoms with Gasteiger partial charge in [0.25, 0.3) is 0 Å². The molecule has 5 heteroatoms. The summed E-state index contributed by atoms with van der Waals surface area (Å²) in [6.45, 7) is 5.09. The normalized spacial score (nSPS) is 26.4. The molecular weight excluding hydrogens is 256 g/mol. The van der Waals surface area contributed by atoms with Gasteiger partial charge in [0.05, 0.1) is 12.7 Å². The monoisotopic (exact) mass is 278 g/mol. The minimum Gasteiger partial charge on any atom is -0.486 e. The number of benzene rings is 1. The average Bonchev–Trinajstić information content (AvgIpc) is 2.48. The molecule has 1 aromatic rings. The van der Waals surface area contributed by atoms with Crippen LogP contribution >= 0.6 is 0 Å². The molecule has 3 rings (SSSR count). The van der Waals surface area contributed by atoms with Gasteiger partial charge in [-0.15, -0.1) is 0 Å². The van der Waals surface area contributed by atoms with Crippen molar-refractivity contribution >= 4 is 0 Å². The van der Waals surface area contributed by atoms with E-state index in [9.17, 15) is 0 Å². The molecule has 1 fully saturated rings. The van der Waals surface area contributed by atoms with E-state index in [1.54, 1.807) is 0 Å². The Bertz CT molecular complexity index is 439. The van der Waals surface area contributed by atoms with Crippen molar-refractivity contribution in [3.63, 3.8) is 0 Å². The van der Waals surface area contributed by atoms with Crippen molar-refractivity contribution < 1.29 is 14.2 Å². The van der Waals surface area contributed by atoms with E-state index in [1.807, 2.05) is 31.3 Å². The van der Waals surface area contributed by atoms with Gasteiger partial charge in [-0.3, -0.25) is 4.90 Å². The van der Waals surface area contributed by atoms with E-state index in [4.69, 9.17) is 14.2 Å². The van der Waals surface area contributed by atoms with Crippen LogP contribution in [0.4, 0.5) is 0 Å². The number of rotatable bonds is 4. The number of hydrogen-bond acceptors (Lipinski definition) is 5. The van der Waals surface area contributed by atoms with E-state index in [2.05, 4.69) is 10.2 Å². The Labute approximate surface area is 119 Å². The van der Waals surface area contributed by atoms with E-state index >= 15 is 0 Å². The SMILES string of the molecule is CNCC1CN(CC2COc3ccccc3O2)CCO1. The Balaban J connectivity index is 1.54. The van der Waals surface area contributed by atoms with Crippen molar-refractivity contribution in [2.45, 2.75) is 12.2 Å². The Hall–Kier alpha value is -1.30. The highest BCUT2D eigenvalue weighted by Crippen LogP contribution is 2.31. The summed E-state index contributed by atoms with van der Waals surface area (Å²) >= 11 is 0. The zero-order valence-corrected chi connectivity index (χ0v) is 11.9. The van der Waals surface area contributed by atoms with Crippen LogP contribution in [-0.4, -0.2) is 63.5 Å². The molecule has 1 aromatic carbocycles. The number of likely N-dealkylation sites (N-methyl/N-ethyl adjacent to an activating group) is 1. The fraction of sp³-hybridized carbons (Fsp3) is 0.600. The number of fused-ring (bicyclic) bond motifs is 1. The van der Waals surface area contributed by atoms with Crippen LogP contribution in [-0.2, 0) is 4.74 Å². The third kappa shape index (κ3) is 3.23. The van der Waals surface area contributed by atoms with E-state index in [0.29, 0.717) is 6.61 Å². The van der Waals surface area contributed by atoms with Crippen molar-refractivity contribution in [2.75, 3.05) is 46.4 Å². The van der Waals surface area contributed by atoms with Crippen LogP contribution in [0.5, 0.6) is 11.5 Å². The Morgan fingerprint density at radius 3 is 2.95 bits per heavy atom. The van der Waals surface area contributed by atoms with E-state index in [1.165, 1.54) is 0 Å². The summed E-state index contributed by atoms with van der Waals surface area (Å²) in [5, 5.41) is 3.17. The minimum absolute atomic E-state index is 0.0956. The number of nitrogens with zero attached hydrogens (tertiary/aromatic N) is 1. The van der Waals surface area contributed by atoms with Gasteiger partial charge in [0.2, 0.25) is 0 Å². The van der Waals surface area contributed by atoms with Crippen molar-refractivity contribution in [3.8, 4) is 11.5 Å². The van der Waals surface area contributed by atoms with Crippen LogP contribution in [0, 0.1) is 0 Å². The highest BCUT2D eigenvalue weighted by molar-refractivity contribution is 5.40. The maximum Gasteiger partial charge on any atom is 0.161 e. The third-order valence-corrected chi connectivity index (χ3v) is 3.68. The molecule has 0 spiro atoms. The summed E-state index contributed by atoms with van der Waals surface area (Å²) < 4.78 is 17.5. The fourth-order valence-corrected chi connectivity index (χ4v) is 2.74. The lowest BCUT2D eigenvalue weighted by atomic mass is 10.2. The van der Waals surface area contributed by atoms with Gasteiger partial charge in [-0.1, -0.05) is 12.1 Å². The van der Waals surface area contributed by atoms with E-state index < -0.39 is 0 Å². The lowest BCUT2D eigenvalue weighted by Gasteiger charge is -2.36. The number of nitrogens with one attached hydrogen (secondary N) is 1. The summed E-state index contributed by atoms with van der Waals surface area (Å²) in [5.74, 6) is 1.70. The Kier molecular flexibility index (Phi) is 4.40. The molecule has 110 valence electrons. The Morgan fingerprint density at radius 2 is 2.10 bits per heavy atom. The predicted octanol–water partition coefficient (Wildman–Crippen LogP) is 0.747. The van der Waals surface area contributed by atoms with Crippen LogP contribution in [0.1, 0.15) is 0 Å². The number of morpholine rings is 1. The summed E-state index contributed by atoms with van der Waals surface area (Å²) in [5.41, 5.74) is 0. The van der Waals surface area contributed by atoms with Gasteiger partial charge in [0.1, 0.15) is 12.7 Å². The first-order valence-corrected chi connectivity index (χ1v) is 7.22. The lowest BCUT2D eigenvalue weighted by Crippen LogP contribution is -2.50. The largest absolute Gasteiger partial charge is 0.486 e. The molecular formula is C15H22N2O3. The molecule has 0 aliphatic carbocycles. The van der Waals surface area contributed by atoms with Crippen LogP contribution < -0.4 is 14.8 Å². The second-order valence-electron chi connectivity index (χ2n) is 5.31. The quantitative estimate of drug-likeness (QED) is 0.880. The topological polar surface area (TPSA) is 43.0 Å². The van der Waals surface area contributed by atoms with Crippen LogP contribution in [0.15, 0.2) is 24.3 Å². The predicted molar refractivity (Wildman–Crippen MR) is 76.5 cm³/mol. The maximum atomic E-state index is 6.01. The minimum atomic E-state index is 0.0956. The Morgan fingerprint density at radius 1 is 1.25 bits per heavy atom. The summed E-state index contributed by atoms with van der Waals surface area (Å²) in [6, 6.07) is 7.85. The molecule has 2 heterocycles. The second-order valence-corrected chi connectivity index (χ2v) is 5.31. The molecule has 1 saturated heterocycles. The molecule has 2 aliphatic heterocycles. The smallest absolute Gasteiger partial charge is 0.161 e. The molecule has 0 saturated carbocycles. The molecule has 0 bridgehead atoms. The zero-order valence-electron chi connectivity index (χ0n) is 11.9. The van der Waals surface area contributed by atoms with Crippen LogP contribution in [0.3, 0.4) is 0 Å². The van der Waals surface area contributed by atoms with Gasteiger partial charge < -0.3 is 19.5 Å². The van der Waals surface area contributed by atoms with Gasteiger partial charge in [-0.2, -0.15) is 0 Å². The molecule has 0 amide bonds. The van der Waals surface area contributed by atoms with Gasteiger partial charge in [0.15, 0.2) is 11.5 Å². The molecule has 5 nitrogen and oxygen atoms in total. The lowest BCUT2D eigenvalue weighted by molar-refractivity contribution is -0.0426. The molecule has 2 unspecified atom stereocenters. The first-order valence-electron chi connectivity index (χ1n) is 7.22. The van der Waals surface area contributed by atoms with Gasteiger partial charge in [-0.05, 0) is 19.2 Å². The molecule has 2 aliphatic rings. The van der Waals surface area contributed by atoms with Crippen molar-refractivity contribution in [2.24, 2.45) is 0 Å². The molecule has 2 atom stereocenters. The van der Waals surface area contributed by atoms with Crippen LogP contribution in [0.2, 0.25) is 0 Å². The van der Waals surface area contributed by atoms with Gasteiger partial charge >= 0.3 is 0 Å². The van der Waals surface area contributed by atoms with Crippen LogP contribution in [0.25, 0.3) is 0 Å². The zero-order chi connectivity index (χ0) is 13.8. The molecule has 0 radical (unpaired) electrons. The van der Waals surface area contributed by atoms with E-state index in [0.717, 1.165) is 44.3 Å². The summed E-state index contributed by atoms with van der Waals surface area (Å²) in [6.07, 6.45) is 0.365. The van der Waals surface area contributed by atoms with E-state index in [-0.39, 0.29) is 12.2 Å². The summed E-state index contributed by atoms with van der Waals surface area (Å²) in [7, 11) is 1.96. The fourth-order valence-electron chi connectivity index (χ4n) is 2.74. The maximum absolute atomic E-state index is 6.01. The number of ether oxygens (including phenoxy) is 3. The van der Waals surface area contributed by atoms with Gasteiger partial charge in [-0.25, -0.2) is 0 Å². The second kappa shape index (κ2) is 6.43. The summed E-state index contributed by atoms with van der Waals surface area (Å²) in [4.78, 5) is 2.40. The standard InChI is InChI=1S/C15H22N2O3/c1-16-8-12-9-17(6-7-18-12)10-13-11-19-14-4-2-3-5-15(14)20-13/h2-5,12-13,16H,6-11H2,1H3. The molecule has 0 aromatic heterocycles. The van der Waals surface area contributed by atoms with Gasteiger partial charge in [0, 0.05) is 26.2 Å². The van der Waals surface area contributed by atoms with Crippen molar-refractivity contribution in [1.82, 2.24) is 10.2 Å². The number of hydrogen-bond donors (Lipinski definition) is 1. The first-order chi connectivity index (χ1) is 9.85. The highest BCUT2D eigenvalue weighted by atomic mass is 16.6. The third-order valence-electron chi connectivity index (χ3n) is 3.68. The number of para-hydroxylation sites is 2. The molecule has 20 heavy (non-hydrogen) atoms. The van der Waals surface area contributed by atoms with Crippen molar-refractivity contribution in [1.29, 1.82) is 0 Å². The highest BCUT2D eigenvalue weighted by Gasteiger charge is 2.26. The first kappa shape index (κ1) is 13.7. The molecule has 1 N–H and O–H groups in total.